The Morgan fingerprint density at radius 1 is 1.42 bits per heavy atom. The van der Waals surface area contributed by atoms with Crippen LogP contribution >= 0.6 is 0 Å². The standard InChI is InChI=1S/C15H22N2O2/c1-3-15(9-4-10-16-11-15)14(19)17(2)12-5-7-13(18)8-6-12/h5-8,16,18H,3-4,9-11H2,1-2H3. The third-order valence-electron chi connectivity index (χ3n) is 4.14. The summed E-state index contributed by atoms with van der Waals surface area (Å²) in [6, 6.07) is 6.76. The molecule has 0 radical (unpaired) electrons. The maximum absolute atomic E-state index is 12.8. The number of hydrogen-bond acceptors (Lipinski definition) is 3. The van der Waals surface area contributed by atoms with Crippen LogP contribution in [0.2, 0.25) is 0 Å². The van der Waals surface area contributed by atoms with Crippen LogP contribution in [0.4, 0.5) is 5.69 Å². The first-order valence-corrected chi connectivity index (χ1v) is 6.87. The maximum Gasteiger partial charge on any atom is 0.234 e. The zero-order valence-corrected chi connectivity index (χ0v) is 11.6. The van der Waals surface area contributed by atoms with Gasteiger partial charge in [0.2, 0.25) is 5.91 Å². The van der Waals surface area contributed by atoms with Crippen molar-refractivity contribution >= 4 is 11.6 Å². The van der Waals surface area contributed by atoms with Crippen molar-refractivity contribution in [1.29, 1.82) is 0 Å². The zero-order valence-electron chi connectivity index (χ0n) is 11.6. The summed E-state index contributed by atoms with van der Waals surface area (Å²) in [6.07, 6.45) is 2.84. The minimum Gasteiger partial charge on any atom is -0.508 e. The summed E-state index contributed by atoms with van der Waals surface area (Å²) in [4.78, 5) is 14.5. The fourth-order valence-electron chi connectivity index (χ4n) is 2.75. The number of carbonyl (C=O) groups is 1. The van der Waals surface area contributed by atoms with E-state index in [2.05, 4.69) is 12.2 Å². The van der Waals surface area contributed by atoms with E-state index in [0.717, 1.165) is 38.0 Å². The molecule has 1 heterocycles. The smallest absolute Gasteiger partial charge is 0.234 e. The van der Waals surface area contributed by atoms with E-state index in [1.54, 1.807) is 36.2 Å². The number of benzene rings is 1. The van der Waals surface area contributed by atoms with Gasteiger partial charge in [0.1, 0.15) is 5.75 Å². The van der Waals surface area contributed by atoms with Gasteiger partial charge in [-0.3, -0.25) is 4.79 Å². The molecule has 0 saturated carbocycles. The Labute approximate surface area is 114 Å². The Kier molecular flexibility index (Phi) is 4.10. The monoisotopic (exact) mass is 262 g/mol. The molecular formula is C15H22N2O2. The fourth-order valence-corrected chi connectivity index (χ4v) is 2.75. The summed E-state index contributed by atoms with van der Waals surface area (Å²) in [5.74, 6) is 0.377. The molecule has 2 rings (SSSR count). The van der Waals surface area contributed by atoms with E-state index in [-0.39, 0.29) is 17.1 Å². The van der Waals surface area contributed by atoms with Gasteiger partial charge in [0, 0.05) is 19.3 Å². The second kappa shape index (κ2) is 5.61. The second-order valence-electron chi connectivity index (χ2n) is 5.29. The van der Waals surface area contributed by atoms with Gasteiger partial charge in [0.15, 0.2) is 0 Å². The topological polar surface area (TPSA) is 52.6 Å². The van der Waals surface area contributed by atoms with E-state index in [1.165, 1.54) is 0 Å². The molecule has 1 aromatic rings. The Morgan fingerprint density at radius 2 is 2.11 bits per heavy atom. The minimum atomic E-state index is -0.287. The molecule has 1 saturated heterocycles. The summed E-state index contributed by atoms with van der Waals surface area (Å²) in [6.45, 7) is 3.83. The largest absolute Gasteiger partial charge is 0.508 e. The highest BCUT2D eigenvalue weighted by Crippen LogP contribution is 2.33. The Balaban J connectivity index is 2.19. The van der Waals surface area contributed by atoms with Crippen molar-refractivity contribution in [3.05, 3.63) is 24.3 Å². The maximum atomic E-state index is 12.8. The van der Waals surface area contributed by atoms with Crippen LogP contribution in [0, 0.1) is 5.41 Å². The molecule has 104 valence electrons. The molecule has 4 nitrogen and oxygen atoms in total. The third-order valence-corrected chi connectivity index (χ3v) is 4.14. The van der Waals surface area contributed by atoms with Crippen molar-refractivity contribution in [2.75, 3.05) is 25.0 Å². The summed E-state index contributed by atoms with van der Waals surface area (Å²) in [5.41, 5.74) is 0.534. The van der Waals surface area contributed by atoms with Gasteiger partial charge in [0.05, 0.1) is 5.41 Å². The van der Waals surface area contributed by atoms with Gasteiger partial charge in [-0.25, -0.2) is 0 Å². The summed E-state index contributed by atoms with van der Waals surface area (Å²) < 4.78 is 0. The van der Waals surface area contributed by atoms with Crippen molar-refractivity contribution in [3.63, 3.8) is 0 Å². The predicted octanol–water partition coefficient (Wildman–Crippen LogP) is 2.13. The lowest BCUT2D eigenvalue weighted by Gasteiger charge is -2.38. The number of amides is 1. The molecule has 1 aromatic carbocycles. The lowest BCUT2D eigenvalue weighted by Crippen LogP contribution is -2.50. The SMILES string of the molecule is CCC1(C(=O)N(C)c2ccc(O)cc2)CCCNC1. The van der Waals surface area contributed by atoms with E-state index in [4.69, 9.17) is 0 Å². The van der Waals surface area contributed by atoms with Crippen LogP contribution in [0.25, 0.3) is 0 Å². The molecule has 1 fully saturated rings. The molecular weight excluding hydrogens is 240 g/mol. The average Bonchev–Trinajstić information content (AvgIpc) is 2.47. The van der Waals surface area contributed by atoms with Gasteiger partial charge >= 0.3 is 0 Å². The number of nitrogens with zero attached hydrogens (tertiary/aromatic N) is 1. The fraction of sp³-hybridized carbons (Fsp3) is 0.533. The molecule has 1 atom stereocenters. The molecule has 0 bridgehead atoms. The van der Waals surface area contributed by atoms with Crippen LogP contribution in [0.15, 0.2) is 24.3 Å². The number of phenols is 1. The molecule has 1 aliphatic rings. The zero-order chi connectivity index (χ0) is 13.9. The highest BCUT2D eigenvalue weighted by atomic mass is 16.3. The van der Waals surface area contributed by atoms with Crippen LogP contribution in [0.5, 0.6) is 5.75 Å². The van der Waals surface area contributed by atoms with Gasteiger partial charge in [-0.2, -0.15) is 0 Å². The number of rotatable bonds is 3. The van der Waals surface area contributed by atoms with Crippen molar-refractivity contribution < 1.29 is 9.90 Å². The lowest BCUT2D eigenvalue weighted by molar-refractivity contribution is -0.129. The van der Waals surface area contributed by atoms with Gasteiger partial charge < -0.3 is 15.3 Å². The van der Waals surface area contributed by atoms with Gasteiger partial charge in [-0.05, 0) is 50.1 Å². The predicted molar refractivity (Wildman–Crippen MR) is 76.3 cm³/mol. The molecule has 1 unspecified atom stereocenters. The van der Waals surface area contributed by atoms with Crippen molar-refractivity contribution in [2.24, 2.45) is 5.41 Å². The normalized spacial score (nSPS) is 23.1. The van der Waals surface area contributed by atoms with Crippen molar-refractivity contribution in [1.82, 2.24) is 5.32 Å². The molecule has 4 heteroatoms. The Hall–Kier alpha value is -1.55. The van der Waals surface area contributed by atoms with Gasteiger partial charge in [0.25, 0.3) is 0 Å². The number of carbonyl (C=O) groups excluding carboxylic acids is 1. The molecule has 1 amide bonds. The highest BCUT2D eigenvalue weighted by Gasteiger charge is 2.39. The first kappa shape index (κ1) is 13.9. The van der Waals surface area contributed by atoms with Crippen LogP contribution in [-0.2, 0) is 4.79 Å². The molecule has 0 aromatic heterocycles. The summed E-state index contributed by atoms with van der Waals surface area (Å²) in [7, 11) is 1.81. The van der Waals surface area contributed by atoms with Gasteiger partial charge in [-0.15, -0.1) is 0 Å². The summed E-state index contributed by atoms with van der Waals surface area (Å²) >= 11 is 0. The van der Waals surface area contributed by atoms with Gasteiger partial charge in [-0.1, -0.05) is 6.92 Å². The number of aromatic hydroxyl groups is 1. The van der Waals surface area contributed by atoms with Crippen LogP contribution in [0.3, 0.4) is 0 Å². The highest BCUT2D eigenvalue weighted by molar-refractivity contribution is 5.97. The first-order valence-electron chi connectivity index (χ1n) is 6.87. The Morgan fingerprint density at radius 3 is 2.63 bits per heavy atom. The molecule has 19 heavy (non-hydrogen) atoms. The van der Waals surface area contributed by atoms with E-state index in [0.29, 0.717) is 0 Å². The van der Waals surface area contributed by atoms with E-state index >= 15 is 0 Å². The third kappa shape index (κ3) is 2.73. The van der Waals surface area contributed by atoms with Crippen molar-refractivity contribution in [3.8, 4) is 5.75 Å². The molecule has 0 spiro atoms. The number of anilines is 1. The minimum absolute atomic E-state index is 0.160. The van der Waals surface area contributed by atoms with Crippen LogP contribution in [-0.4, -0.2) is 31.2 Å². The first-order chi connectivity index (χ1) is 9.09. The number of phenolic OH excluding ortho intramolecular Hbond substituents is 1. The van der Waals surface area contributed by atoms with Crippen LogP contribution in [0.1, 0.15) is 26.2 Å². The Bertz CT molecular complexity index is 436. The van der Waals surface area contributed by atoms with Crippen LogP contribution < -0.4 is 10.2 Å². The van der Waals surface area contributed by atoms with E-state index < -0.39 is 0 Å². The molecule has 1 aliphatic heterocycles. The quantitative estimate of drug-likeness (QED) is 0.877. The lowest BCUT2D eigenvalue weighted by atomic mass is 9.77. The van der Waals surface area contributed by atoms with Crippen molar-refractivity contribution in [2.45, 2.75) is 26.2 Å². The molecule has 2 N–H and O–H groups in total. The summed E-state index contributed by atoms with van der Waals surface area (Å²) in [5, 5.41) is 12.6. The number of nitrogens with one attached hydrogen (secondary N) is 1. The van der Waals surface area contributed by atoms with E-state index in [9.17, 15) is 9.90 Å². The van der Waals surface area contributed by atoms with E-state index in [1.807, 2.05) is 0 Å². The number of hydrogen-bond donors (Lipinski definition) is 2. The average molecular weight is 262 g/mol. The second-order valence-corrected chi connectivity index (χ2v) is 5.29. The number of piperidine rings is 1. The molecule has 0 aliphatic carbocycles.